The Hall–Kier alpha value is -3.35. The lowest BCUT2D eigenvalue weighted by atomic mass is 10.0. The number of ether oxygens (including phenoxy) is 2. The smallest absolute Gasteiger partial charge is 0.252 e. The van der Waals surface area contributed by atoms with E-state index < -0.39 is 0 Å². The predicted octanol–water partition coefficient (Wildman–Crippen LogP) is 2.33. The summed E-state index contributed by atoms with van der Waals surface area (Å²) < 4.78 is 12.6. The highest BCUT2D eigenvalue weighted by Crippen LogP contribution is 2.34. The Balaban J connectivity index is 1.51. The molecule has 1 atom stereocenters. The van der Waals surface area contributed by atoms with E-state index in [2.05, 4.69) is 15.4 Å². The number of hydrogen-bond donors (Lipinski definition) is 1. The van der Waals surface area contributed by atoms with E-state index in [1.807, 2.05) is 49.4 Å². The fourth-order valence-corrected chi connectivity index (χ4v) is 3.48. The highest BCUT2D eigenvalue weighted by atomic mass is 16.7. The summed E-state index contributed by atoms with van der Waals surface area (Å²) in [5.74, 6) is 2.83. The van der Waals surface area contributed by atoms with Crippen LogP contribution in [0.25, 0.3) is 5.69 Å². The standard InChI is InChI=1S/C19H16N4O3/c1-11-20-18(9-15-13-4-2-3-5-14(13)19(24)21-15)23(22-11)12-6-7-16-17(8-12)26-10-25-16/h2-8,15H,9-10H2,1H3,(H,21,24). The third-order valence-electron chi connectivity index (χ3n) is 4.65. The molecule has 0 aliphatic carbocycles. The van der Waals surface area contributed by atoms with Gasteiger partial charge in [-0.1, -0.05) is 18.2 Å². The number of nitrogens with one attached hydrogen (secondary N) is 1. The van der Waals surface area contributed by atoms with Gasteiger partial charge in [0.25, 0.3) is 5.91 Å². The first-order chi connectivity index (χ1) is 12.7. The number of aryl methyl sites for hydroxylation is 1. The molecule has 26 heavy (non-hydrogen) atoms. The molecule has 1 amide bonds. The average molecular weight is 348 g/mol. The van der Waals surface area contributed by atoms with Crippen molar-refractivity contribution in [2.24, 2.45) is 0 Å². The molecule has 0 spiro atoms. The van der Waals surface area contributed by atoms with Crippen molar-refractivity contribution in [2.75, 3.05) is 6.79 Å². The molecule has 0 saturated heterocycles. The number of carbonyl (C=O) groups is 1. The van der Waals surface area contributed by atoms with Crippen LogP contribution in [0.5, 0.6) is 11.5 Å². The second-order valence-electron chi connectivity index (χ2n) is 6.34. The zero-order valence-corrected chi connectivity index (χ0v) is 14.1. The molecule has 1 aromatic heterocycles. The zero-order valence-electron chi connectivity index (χ0n) is 14.1. The molecule has 2 aliphatic heterocycles. The first-order valence-corrected chi connectivity index (χ1v) is 8.41. The van der Waals surface area contributed by atoms with Gasteiger partial charge < -0.3 is 14.8 Å². The van der Waals surface area contributed by atoms with Crippen molar-refractivity contribution in [3.05, 3.63) is 65.2 Å². The number of carbonyl (C=O) groups excluding carboxylic acids is 1. The molecule has 5 rings (SSSR count). The Bertz CT molecular complexity index is 1030. The van der Waals surface area contributed by atoms with Crippen molar-refractivity contribution in [1.29, 1.82) is 0 Å². The molecule has 0 radical (unpaired) electrons. The third kappa shape index (κ3) is 2.32. The number of nitrogens with zero attached hydrogens (tertiary/aromatic N) is 3. The van der Waals surface area contributed by atoms with Gasteiger partial charge in [0.15, 0.2) is 11.5 Å². The topological polar surface area (TPSA) is 78.3 Å². The number of rotatable bonds is 3. The van der Waals surface area contributed by atoms with Gasteiger partial charge in [-0.05, 0) is 30.7 Å². The van der Waals surface area contributed by atoms with Crippen molar-refractivity contribution >= 4 is 5.91 Å². The maximum absolute atomic E-state index is 12.2. The molecule has 7 nitrogen and oxygen atoms in total. The van der Waals surface area contributed by atoms with E-state index >= 15 is 0 Å². The molecule has 7 heteroatoms. The van der Waals surface area contributed by atoms with Crippen LogP contribution < -0.4 is 14.8 Å². The molecule has 0 bridgehead atoms. The summed E-state index contributed by atoms with van der Waals surface area (Å²) in [6.45, 7) is 2.08. The summed E-state index contributed by atoms with van der Waals surface area (Å²) in [6, 6.07) is 13.2. The monoisotopic (exact) mass is 348 g/mol. The Kier molecular flexibility index (Phi) is 3.21. The third-order valence-corrected chi connectivity index (χ3v) is 4.65. The molecule has 3 aromatic rings. The highest BCUT2D eigenvalue weighted by molar-refractivity contribution is 5.99. The van der Waals surface area contributed by atoms with E-state index in [-0.39, 0.29) is 18.7 Å². The average Bonchev–Trinajstić information content (AvgIpc) is 3.33. The first-order valence-electron chi connectivity index (χ1n) is 8.41. The molecular formula is C19H16N4O3. The minimum Gasteiger partial charge on any atom is -0.454 e. The van der Waals surface area contributed by atoms with Crippen molar-refractivity contribution in [2.45, 2.75) is 19.4 Å². The number of amides is 1. The zero-order chi connectivity index (χ0) is 17.7. The molecule has 0 saturated carbocycles. The summed E-state index contributed by atoms with van der Waals surface area (Å²) in [5, 5.41) is 7.55. The van der Waals surface area contributed by atoms with Crippen LogP contribution in [-0.4, -0.2) is 27.5 Å². The van der Waals surface area contributed by atoms with E-state index in [4.69, 9.17) is 9.47 Å². The van der Waals surface area contributed by atoms with Crippen molar-refractivity contribution in [1.82, 2.24) is 20.1 Å². The second-order valence-corrected chi connectivity index (χ2v) is 6.34. The summed E-state index contributed by atoms with van der Waals surface area (Å²) >= 11 is 0. The maximum atomic E-state index is 12.2. The van der Waals surface area contributed by atoms with Gasteiger partial charge in [-0.25, -0.2) is 9.67 Å². The molecular weight excluding hydrogens is 332 g/mol. The molecule has 2 aliphatic rings. The number of fused-ring (bicyclic) bond motifs is 2. The Morgan fingerprint density at radius 3 is 2.96 bits per heavy atom. The fourth-order valence-electron chi connectivity index (χ4n) is 3.48. The molecule has 1 unspecified atom stereocenters. The molecule has 0 fully saturated rings. The van der Waals surface area contributed by atoms with Gasteiger partial charge in [0, 0.05) is 18.1 Å². The quantitative estimate of drug-likeness (QED) is 0.786. The molecule has 130 valence electrons. The van der Waals surface area contributed by atoms with Gasteiger partial charge in [0.05, 0.1) is 11.7 Å². The number of aromatic nitrogens is 3. The van der Waals surface area contributed by atoms with Crippen LogP contribution >= 0.6 is 0 Å². The summed E-state index contributed by atoms with van der Waals surface area (Å²) in [6.07, 6.45) is 0.554. The van der Waals surface area contributed by atoms with E-state index in [9.17, 15) is 4.79 Å². The van der Waals surface area contributed by atoms with Gasteiger partial charge in [-0.15, -0.1) is 0 Å². The van der Waals surface area contributed by atoms with Crippen molar-refractivity contribution < 1.29 is 14.3 Å². The van der Waals surface area contributed by atoms with Gasteiger partial charge >= 0.3 is 0 Å². The molecule has 1 N–H and O–H groups in total. The predicted molar refractivity (Wildman–Crippen MR) is 92.6 cm³/mol. The highest BCUT2D eigenvalue weighted by Gasteiger charge is 2.29. The van der Waals surface area contributed by atoms with Crippen LogP contribution in [-0.2, 0) is 6.42 Å². The minimum absolute atomic E-state index is 0.0449. The summed E-state index contributed by atoms with van der Waals surface area (Å²) in [4.78, 5) is 16.7. The Morgan fingerprint density at radius 1 is 1.19 bits per heavy atom. The maximum Gasteiger partial charge on any atom is 0.252 e. The van der Waals surface area contributed by atoms with Crippen molar-refractivity contribution in [3.8, 4) is 17.2 Å². The van der Waals surface area contributed by atoms with E-state index in [1.54, 1.807) is 4.68 Å². The molecule has 2 aromatic carbocycles. The van der Waals surface area contributed by atoms with Gasteiger partial charge in [0.2, 0.25) is 6.79 Å². The lowest BCUT2D eigenvalue weighted by Crippen LogP contribution is -2.22. The Labute approximate surface area is 149 Å². The lowest BCUT2D eigenvalue weighted by molar-refractivity contribution is 0.0956. The van der Waals surface area contributed by atoms with E-state index in [0.717, 1.165) is 28.4 Å². The Morgan fingerprint density at radius 2 is 2.04 bits per heavy atom. The number of hydrogen-bond acceptors (Lipinski definition) is 5. The van der Waals surface area contributed by atoms with Crippen LogP contribution in [0.4, 0.5) is 0 Å². The summed E-state index contributed by atoms with van der Waals surface area (Å²) in [5.41, 5.74) is 2.57. The number of benzene rings is 2. The lowest BCUT2D eigenvalue weighted by Gasteiger charge is -2.12. The van der Waals surface area contributed by atoms with Crippen LogP contribution in [0.3, 0.4) is 0 Å². The second kappa shape index (κ2) is 5.59. The first kappa shape index (κ1) is 14.9. The van der Waals surface area contributed by atoms with Gasteiger partial charge in [-0.3, -0.25) is 4.79 Å². The summed E-state index contributed by atoms with van der Waals surface area (Å²) in [7, 11) is 0. The van der Waals surface area contributed by atoms with Gasteiger partial charge in [-0.2, -0.15) is 5.10 Å². The molecule has 3 heterocycles. The van der Waals surface area contributed by atoms with Crippen LogP contribution in [0, 0.1) is 6.92 Å². The van der Waals surface area contributed by atoms with Crippen molar-refractivity contribution in [3.63, 3.8) is 0 Å². The normalized spacial score (nSPS) is 17.3. The SMILES string of the molecule is Cc1nc(CC2NC(=O)c3ccccc32)n(-c2ccc3c(c2)OCO3)n1. The van der Waals surface area contributed by atoms with E-state index in [0.29, 0.717) is 18.0 Å². The largest absolute Gasteiger partial charge is 0.454 e. The minimum atomic E-state index is -0.116. The van der Waals surface area contributed by atoms with Crippen LogP contribution in [0.2, 0.25) is 0 Å². The van der Waals surface area contributed by atoms with Crippen LogP contribution in [0.15, 0.2) is 42.5 Å². The van der Waals surface area contributed by atoms with Crippen LogP contribution in [0.1, 0.15) is 33.6 Å². The fraction of sp³-hybridized carbons (Fsp3) is 0.211. The van der Waals surface area contributed by atoms with E-state index in [1.165, 1.54) is 0 Å². The van der Waals surface area contributed by atoms with Gasteiger partial charge in [0.1, 0.15) is 11.6 Å².